The van der Waals surface area contributed by atoms with Crippen molar-refractivity contribution in [3.05, 3.63) is 0 Å². The molecular formula is C15H30N2O2. The predicted octanol–water partition coefficient (Wildman–Crippen LogP) is 2.53. The van der Waals surface area contributed by atoms with E-state index in [1.165, 1.54) is 0 Å². The van der Waals surface area contributed by atoms with Crippen LogP contribution in [0.5, 0.6) is 0 Å². The van der Waals surface area contributed by atoms with E-state index in [2.05, 4.69) is 0 Å². The van der Waals surface area contributed by atoms with Gasteiger partial charge in [-0.15, -0.1) is 0 Å². The van der Waals surface area contributed by atoms with E-state index in [0.29, 0.717) is 6.42 Å². The normalized spacial score (nSPS) is 11.3. The van der Waals surface area contributed by atoms with Gasteiger partial charge in [-0.1, -0.05) is 33.1 Å². The summed E-state index contributed by atoms with van der Waals surface area (Å²) in [6.45, 7) is 4.01. The second-order valence-corrected chi connectivity index (χ2v) is 6.29. The van der Waals surface area contributed by atoms with Gasteiger partial charge in [-0.3, -0.25) is 9.59 Å². The van der Waals surface area contributed by atoms with E-state index in [0.717, 1.165) is 32.1 Å². The van der Waals surface area contributed by atoms with Crippen LogP contribution in [-0.4, -0.2) is 49.8 Å². The topological polar surface area (TPSA) is 40.6 Å². The Hall–Kier alpha value is -1.06. The molecule has 4 heteroatoms. The fourth-order valence-corrected chi connectivity index (χ4v) is 2.13. The van der Waals surface area contributed by atoms with Gasteiger partial charge in [0.2, 0.25) is 11.8 Å². The zero-order valence-electron chi connectivity index (χ0n) is 13.5. The molecule has 0 saturated carbocycles. The summed E-state index contributed by atoms with van der Waals surface area (Å²) in [6, 6.07) is 0. The summed E-state index contributed by atoms with van der Waals surface area (Å²) in [4.78, 5) is 26.6. The minimum absolute atomic E-state index is 0.190. The smallest absolute Gasteiger partial charge is 0.227 e. The van der Waals surface area contributed by atoms with Crippen molar-refractivity contribution in [2.75, 3.05) is 28.2 Å². The van der Waals surface area contributed by atoms with Crippen LogP contribution in [0.2, 0.25) is 0 Å². The molecule has 19 heavy (non-hydrogen) atoms. The number of nitrogens with zero attached hydrogens (tertiary/aromatic N) is 2. The van der Waals surface area contributed by atoms with Crippen molar-refractivity contribution in [3.63, 3.8) is 0 Å². The quantitative estimate of drug-likeness (QED) is 0.636. The van der Waals surface area contributed by atoms with Gasteiger partial charge in [0.15, 0.2) is 0 Å². The maximum atomic E-state index is 11.9. The Labute approximate surface area is 118 Å². The molecule has 0 aliphatic carbocycles. The number of hydrogen-bond acceptors (Lipinski definition) is 2. The van der Waals surface area contributed by atoms with Crippen molar-refractivity contribution in [1.29, 1.82) is 0 Å². The molecule has 0 rings (SSSR count). The van der Waals surface area contributed by atoms with Crippen molar-refractivity contribution < 1.29 is 9.59 Å². The van der Waals surface area contributed by atoms with E-state index in [1.807, 2.05) is 13.8 Å². The molecule has 0 saturated heterocycles. The Bertz CT molecular complexity index is 297. The Balaban J connectivity index is 3.75. The molecule has 0 aromatic carbocycles. The zero-order valence-corrected chi connectivity index (χ0v) is 13.5. The first-order valence-electron chi connectivity index (χ1n) is 7.10. The Kier molecular flexibility index (Phi) is 7.72. The van der Waals surface area contributed by atoms with Gasteiger partial charge in [0.1, 0.15) is 0 Å². The summed E-state index contributed by atoms with van der Waals surface area (Å²) in [5.41, 5.74) is -0.275. The van der Waals surface area contributed by atoms with Gasteiger partial charge in [0, 0.05) is 40.0 Å². The second-order valence-electron chi connectivity index (χ2n) is 6.29. The standard InChI is InChI=1S/C15H30N2O2/c1-15(2,14(19)17(5)6)12-10-8-7-9-11-13(18)16(3)4/h7-12H2,1-6H3. The largest absolute Gasteiger partial charge is 0.349 e. The van der Waals surface area contributed by atoms with E-state index < -0.39 is 0 Å². The molecule has 0 N–H and O–H groups in total. The lowest BCUT2D eigenvalue weighted by Gasteiger charge is -2.27. The number of unbranched alkanes of at least 4 members (excludes halogenated alkanes) is 3. The van der Waals surface area contributed by atoms with Crippen LogP contribution in [-0.2, 0) is 9.59 Å². The summed E-state index contributed by atoms with van der Waals surface area (Å²) in [6.07, 6.45) is 5.68. The summed E-state index contributed by atoms with van der Waals surface area (Å²) >= 11 is 0. The third kappa shape index (κ3) is 7.19. The molecule has 0 radical (unpaired) electrons. The monoisotopic (exact) mass is 270 g/mol. The molecule has 0 spiro atoms. The molecule has 0 aromatic rings. The van der Waals surface area contributed by atoms with Crippen LogP contribution in [0.3, 0.4) is 0 Å². The van der Waals surface area contributed by atoms with Crippen molar-refractivity contribution in [3.8, 4) is 0 Å². The lowest BCUT2D eigenvalue weighted by atomic mass is 9.85. The van der Waals surface area contributed by atoms with Gasteiger partial charge in [0.25, 0.3) is 0 Å². The SMILES string of the molecule is CN(C)C(=O)CCCCCCC(C)(C)C(=O)N(C)C. The summed E-state index contributed by atoms with van der Waals surface area (Å²) in [5, 5.41) is 0. The van der Waals surface area contributed by atoms with Crippen LogP contribution in [0.25, 0.3) is 0 Å². The van der Waals surface area contributed by atoms with Crippen molar-refractivity contribution in [1.82, 2.24) is 9.80 Å². The molecule has 0 unspecified atom stereocenters. The lowest BCUT2D eigenvalue weighted by molar-refractivity contribution is -0.138. The highest BCUT2D eigenvalue weighted by atomic mass is 16.2. The predicted molar refractivity (Wildman–Crippen MR) is 78.9 cm³/mol. The van der Waals surface area contributed by atoms with Crippen molar-refractivity contribution in [2.45, 2.75) is 52.4 Å². The summed E-state index contributed by atoms with van der Waals surface area (Å²) in [5.74, 6) is 0.387. The van der Waals surface area contributed by atoms with Crippen LogP contribution >= 0.6 is 0 Å². The molecule has 0 aliphatic rings. The highest BCUT2D eigenvalue weighted by Crippen LogP contribution is 2.25. The van der Waals surface area contributed by atoms with Gasteiger partial charge >= 0.3 is 0 Å². The van der Waals surface area contributed by atoms with Gasteiger partial charge < -0.3 is 9.80 Å². The van der Waals surface area contributed by atoms with E-state index in [-0.39, 0.29) is 17.2 Å². The Morgan fingerprint density at radius 1 is 0.842 bits per heavy atom. The van der Waals surface area contributed by atoms with Gasteiger partial charge in [-0.05, 0) is 12.8 Å². The molecule has 0 fully saturated rings. The molecule has 0 aliphatic heterocycles. The zero-order chi connectivity index (χ0) is 15.1. The molecule has 0 aromatic heterocycles. The van der Waals surface area contributed by atoms with Gasteiger partial charge in [-0.2, -0.15) is 0 Å². The lowest BCUT2D eigenvalue weighted by Crippen LogP contribution is -2.35. The van der Waals surface area contributed by atoms with Gasteiger partial charge in [-0.25, -0.2) is 0 Å². The van der Waals surface area contributed by atoms with Crippen LogP contribution in [0.1, 0.15) is 52.4 Å². The van der Waals surface area contributed by atoms with E-state index in [4.69, 9.17) is 0 Å². The maximum absolute atomic E-state index is 11.9. The highest BCUT2D eigenvalue weighted by molar-refractivity contribution is 5.81. The Morgan fingerprint density at radius 2 is 1.37 bits per heavy atom. The fourth-order valence-electron chi connectivity index (χ4n) is 2.13. The summed E-state index contributed by atoms with van der Waals surface area (Å²) in [7, 11) is 7.18. The number of carbonyl (C=O) groups is 2. The maximum Gasteiger partial charge on any atom is 0.227 e. The first-order chi connectivity index (χ1) is 8.68. The third-order valence-corrected chi connectivity index (χ3v) is 3.43. The molecule has 0 atom stereocenters. The van der Waals surface area contributed by atoms with Crippen molar-refractivity contribution >= 4 is 11.8 Å². The first-order valence-corrected chi connectivity index (χ1v) is 7.10. The van der Waals surface area contributed by atoms with E-state index in [9.17, 15) is 9.59 Å². The van der Waals surface area contributed by atoms with Crippen LogP contribution in [0, 0.1) is 5.41 Å². The molecule has 0 heterocycles. The van der Waals surface area contributed by atoms with Crippen molar-refractivity contribution in [2.24, 2.45) is 5.41 Å². The highest BCUT2D eigenvalue weighted by Gasteiger charge is 2.28. The average Bonchev–Trinajstić information content (AvgIpc) is 2.31. The van der Waals surface area contributed by atoms with Crippen LogP contribution in [0.15, 0.2) is 0 Å². The minimum Gasteiger partial charge on any atom is -0.349 e. The van der Waals surface area contributed by atoms with Crippen LogP contribution in [0.4, 0.5) is 0 Å². The van der Waals surface area contributed by atoms with Crippen LogP contribution < -0.4 is 0 Å². The number of amides is 2. The molecule has 4 nitrogen and oxygen atoms in total. The molecule has 2 amide bonds. The van der Waals surface area contributed by atoms with Gasteiger partial charge in [0.05, 0.1) is 0 Å². The number of hydrogen-bond donors (Lipinski definition) is 0. The Morgan fingerprint density at radius 3 is 1.84 bits per heavy atom. The average molecular weight is 270 g/mol. The molecule has 0 bridgehead atoms. The number of carbonyl (C=O) groups excluding carboxylic acids is 2. The third-order valence-electron chi connectivity index (χ3n) is 3.43. The second kappa shape index (κ2) is 8.18. The minimum atomic E-state index is -0.275. The first kappa shape index (κ1) is 17.9. The molecular weight excluding hydrogens is 240 g/mol. The summed E-state index contributed by atoms with van der Waals surface area (Å²) < 4.78 is 0. The van der Waals surface area contributed by atoms with E-state index >= 15 is 0 Å². The van der Waals surface area contributed by atoms with E-state index in [1.54, 1.807) is 38.0 Å². The fraction of sp³-hybridized carbons (Fsp3) is 0.867. The molecule has 112 valence electrons. The number of rotatable bonds is 8.